The Morgan fingerprint density at radius 2 is 1.76 bits per heavy atom. The summed E-state index contributed by atoms with van der Waals surface area (Å²) in [4.78, 5) is 11.0. The first-order valence-corrected chi connectivity index (χ1v) is 6.96. The van der Waals surface area contributed by atoms with Crippen LogP contribution in [0.15, 0.2) is 24.3 Å². The molecule has 1 saturated heterocycles. The van der Waals surface area contributed by atoms with Gasteiger partial charge in [-0.15, -0.1) is 0 Å². The lowest BCUT2D eigenvalue weighted by atomic mass is 9.78. The van der Waals surface area contributed by atoms with Crippen LogP contribution < -0.4 is 5.46 Å². The van der Waals surface area contributed by atoms with Gasteiger partial charge in [0.1, 0.15) is 5.82 Å². The van der Waals surface area contributed by atoms with E-state index in [0.29, 0.717) is 5.56 Å². The Bertz CT molecular complexity index is 577. The highest BCUT2D eigenvalue weighted by Gasteiger charge is 2.51. The molecule has 1 aromatic carbocycles. The summed E-state index contributed by atoms with van der Waals surface area (Å²) in [6.45, 7) is 9.28. The van der Waals surface area contributed by atoms with Crippen molar-refractivity contribution in [3.63, 3.8) is 0 Å². The number of carbonyl (C=O) groups is 1. The van der Waals surface area contributed by atoms with Gasteiger partial charge in [-0.2, -0.15) is 0 Å². The number of halogens is 1. The summed E-state index contributed by atoms with van der Waals surface area (Å²) in [6.07, 6.45) is 2.80. The molecule has 1 fully saturated rings. The highest BCUT2D eigenvalue weighted by atomic mass is 19.1. The molecule has 1 aliphatic rings. The minimum absolute atomic E-state index is 0.129. The summed E-state index contributed by atoms with van der Waals surface area (Å²) in [5.41, 5.74) is 0.193. The second-order valence-corrected chi connectivity index (χ2v) is 6.31. The van der Waals surface area contributed by atoms with Gasteiger partial charge in [0.15, 0.2) is 5.78 Å². The van der Waals surface area contributed by atoms with Gasteiger partial charge in [-0.25, -0.2) is 4.39 Å². The van der Waals surface area contributed by atoms with E-state index in [1.807, 2.05) is 27.7 Å². The monoisotopic (exact) mass is 290 g/mol. The van der Waals surface area contributed by atoms with Crippen molar-refractivity contribution in [3.05, 3.63) is 35.7 Å². The summed E-state index contributed by atoms with van der Waals surface area (Å²) in [7, 11) is -0.542. The Morgan fingerprint density at radius 3 is 2.29 bits per heavy atom. The smallest absolute Gasteiger partial charge is 0.399 e. The zero-order valence-corrected chi connectivity index (χ0v) is 13.1. The van der Waals surface area contributed by atoms with Gasteiger partial charge in [0.05, 0.1) is 11.2 Å². The van der Waals surface area contributed by atoms with Gasteiger partial charge >= 0.3 is 7.12 Å². The number of rotatable bonds is 3. The average Bonchev–Trinajstić information content (AvgIpc) is 2.57. The highest BCUT2D eigenvalue weighted by Crippen LogP contribution is 2.36. The quantitative estimate of drug-likeness (QED) is 0.634. The number of hydrogen-bond donors (Lipinski definition) is 0. The lowest BCUT2D eigenvalue weighted by Gasteiger charge is -2.32. The van der Waals surface area contributed by atoms with Crippen molar-refractivity contribution in [2.24, 2.45) is 0 Å². The molecular formula is C16H20BFO3. The van der Waals surface area contributed by atoms with Crippen LogP contribution in [0.1, 0.15) is 40.2 Å². The molecule has 0 saturated carbocycles. The van der Waals surface area contributed by atoms with E-state index in [1.54, 1.807) is 12.1 Å². The van der Waals surface area contributed by atoms with E-state index < -0.39 is 18.3 Å². The maximum atomic E-state index is 13.8. The first-order valence-electron chi connectivity index (χ1n) is 6.96. The fourth-order valence-corrected chi connectivity index (χ4v) is 2.02. The van der Waals surface area contributed by atoms with E-state index >= 15 is 0 Å². The molecule has 0 amide bonds. The molecule has 5 heteroatoms. The van der Waals surface area contributed by atoms with E-state index in [2.05, 4.69) is 0 Å². The molecule has 0 N–H and O–H groups in total. The summed E-state index contributed by atoms with van der Waals surface area (Å²) in [6, 6.07) is 4.65. The summed E-state index contributed by atoms with van der Waals surface area (Å²) in [5.74, 6) is -0.511. The van der Waals surface area contributed by atoms with Crippen LogP contribution in [0, 0.1) is 5.82 Å². The van der Waals surface area contributed by atoms with Crippen LogP contribution in [0.4, 0.5) is 4.39 Å². The van der Waals surface area contributed by atoms with Crippen molar-refractivity contribution in [2.45, 2.75) is 45.8 Å². The first-order chi connectivity index (χ1) is 9.62. The average molecular weight is 290 g/mol. The molecule has 1 aromatic rings. The normalized spacial score (nSPS) is 20.2. The van der Waals surface area contributed by atoms with Crippen LogP contribution in [0.25, 0.3) is 6.08 Å². The Balaban J connectivity index is 2.30. The van der Waals surface area contributed by atoms with E-state index in [9.17, 15) is 9.18 Å². The van der Waals surface area contributed by atoms with Gasteiger partial charge in [0.25, 0.3) is 0 Å². The molecule has 0 spiro atoms. The predicted octanol–water partition coefficient (Wildman–Crippen LogP) is 2.73. The lowest BCUT2D eigenvalue weighted by Crippen LogP contribution is -2.41. The fraction of sp³-hybridized carbons (Fsp3) is 0.438. The third kappa shape index (κ3) is 3.25. The van der Waals surface area contributed by atoms with Gasteiger partial charge in [0, 0.05) is 5.56 Å². The van der Waals surface area contributed by atoms with Gasteiger partial charge in [-0.1, -0.05) is 12.1 Å². The van der Waals surface area contributed by atoms with Crippen molar-refractivity contribution in [2.75, 3.05) is 0 Å². The molecule has 21 heavy (non-hydrogen) atoms. The fourth-order valence-electron chi connectivity index (χ4n) is 2.02. The van der Waals surface area contributed by atoms with Crippen LogP contribution >= 0.6 is 0 Å². The van der Waals surface area contributed by atoms with Crippen molar-refractivity contribution in [1.29, 1.82) is 0 Å². The topological polar surface area (TPSA) is 35.5 Å². The van der Waals surface area contributed by atoms with Crippen LogP contribution in [0.5, 0.6) is 0 Å². The molecule has 1 heterocycles. The molecule has 0 atom stereocenters. The molecule has 1 aliphatic heterocycles. The van der Waals surface area contributed by atoms with Gasteiger partial charge in [0.2, 0.25) is 0 Å². The molecule has 3 nitrogen and oxygen atoms in total. The van der Waals surface area contributed by atoms with Crippen molar-refractivity contribution in [3.8, 4) is 0 Å². The highest BCUT2D eigenvalue weighted by molar-refractivity contribution is 6.62. The minimum atomic E-state index is -0.542. The molecule has 2 rings (SSSR count). The summed E-state index contributed by atoms with van der Waals surface area (Å²) in [5, 5.41) is 0. The maximum absolute atomic E-state index is 13.8. The molecular weight excluding hydrogens is 270 g/mol. The number of carbonyl (C=O) groups excluding carboxylic acids is 1. The van der Waals surface area contributed by atoms with Gasteiger partial charge < -0.3 is 9.31 Å². The second-order valence-electron chi connectivity index (χ2n) is 6.31. The van der Waals surface area contributed by atoms with Crippen LogP contribution in [0.2, 0.25) is 0 Å². The SMILES string of the molecule is CC(=O)/C=C/c1cc(B2OC(C)(C)C(C)(C)O2)ccc1F. The zero-order chi connectivity index (χ0) is 15.8. The Hall–Kier alpha value is -1.46. The molecule has 0 unspecified atom stereocenters. The van der Waals surface area contributed by atoms with Crippen LogP contribution in [-0.2, 0) is 14.1 Å². The second kappa shape index (κ2) is 5.39. The van der Waals surface area contributed by atoms with E-state index in [1.165, 1.54) is 25.1 Å². The third-order valence-corrected chi connectivity index (χ3v) is 4.04. The van der Waals surface area contributed by atoms with Crippen molar-refractivity contribution in [1.82, 2.24) is 0 Å². The van der Waals surface area contributed by atoms with Gasteiger partial charge in [-0.3, -0.25) is 4.79 Å². The largest absolute Gasteiger partial charge is 0.494 e. The Kier molecular flexibility index (Phi) is 4.09. The summed E-state index contributed by atoms with van der Waals surface area (Å²) >= 11 is 0. The standard InChI is InChI=1S/C16H20BFO3/c1-11(19)6-7-12-10-13(8-9-14(12)18)17-20-15(2,3)16(4,5)21-17/h6-10H,1-5H3/b7-6+. The van der Waals surface area contributed by atoms with E-state index in [-0.39, 0.29) is 11.6 Å². The molecule has 0 bridgehead atoms. The Labute approximate surface area is 125 Å². The molecule has 0 aliphatic carbocycles. The molecule has 112 valence electrons. The Morgan fingerprint density at radius 1 is 1.19 bits per heavy atom. The van der Waals surface area contributed by atoms with E-state index in [4.69, 9.17) is 9.31 Å². The lowest BCUT2D eigenvalue weighted by molar-refractivity contribution is -0.112. The number of hydrogen-bond acceptors (Lipinski definition) is 3. The van der Waals surface area contributed by atoms with Crippen LogP contribution in [-0.4, -0.2) is 24.1 Å². The maximum Gasteiger partial charge on any atom is 0.494 e. The molecule has 0 radical (unpaired) electrons. The number of benzene rings is 1. The molecule has 0 aromatic heterocycles. The minimum Gasteiger partial charge on any atom is -0.399 e. The first kappa shape index (κ1) is 15.9. The van der Waals surface area contributed by atoms with Crippen molar-refractivity contribution < 1.29 is 18.5 Å². The zero-order valence-electron chi connectivity index (χ0n) is 13.1. The van der Waals surface area contributed by atoms with Crippen LogP contribution in [0.3, 0.4) is 0 Å². The third-order valence-electron chi connectivity index (χ3n) is 4.04. The predicted molar refractivity (Wildman–Crippen MR) is 81.8 cm³/mol. The van der Waals surface area contributed by atoms with Gasteiger partial charge in [-0.05, 0) is 58.3 Å². The van der Waals surface area contributed by atoms with Crippen molar-refractivity contribution >= 4 is 24.4 Å². The number of ketones is 1. The summed E-state index contributed by atoms with van der Waals surface area (Å²) < 4.78 is 25.6. The number of allylic oxidation sites excluding steroid dienone is 1. The van der Waals surface area contributed by atoms with E-state index in [0.717, 1.165) is 5.46 Å².